The topological polar surface area (TPSA) is 38.5 Å². The zero-order chi connectivity index (χ0) is 8.10. The summed E-state index contributed by atoms with van der Waals surface area (Å²) in [5, 5.41) is 0. The van der Waals surface area contributed by atoms with Crippen molar-refractivity contribution in [2.75, 3.05) is 32.8 Å². The summed E-state index contributed by atoms with van der Waals surface area (Å²) in [4.78, 5) is 2.41. The first-order valence-corrected chi connectivity index (χ1v) is 4.34. The summed E-state index contributed by atoms with van der Waals surface area (Å²) in [7, 11) is 0. The lowest BCUT2D eigenvalue weighted by atomic mass is 10.2. The Kier molecular flexibility index (Phi) is 3.83. The molecule has 0 aromatic rings. The Morgan fingerprint density at radius 3 is 2.64 bits per heavy atom. The van der Waals surface area contributed by atoms with Gasteiger partial charge in [-0.2, -0.15) is 0 Å². The third kappa shape index (κ3) is 3.70. The molecule has 3 nitrogen and oxygen atoms in total. The van der Waals surface area contributed by atoms with Gasteiger partial charge in [0, 0.05) is 19.1 Å². The average Bonchev–Trinajstić information content (AvgIpc) is 2.03. The zero-order valence-electron chi connectivity index (χ0n) is 7.25. The molecule has 0 unspecified atom stereocenters. The van der Waals surface area contributed by atoms with Crippen molar-refractivity contribution in [2.45, 2.75) is 19.4 Å². The maximum atomic E-state index is 5.65. The molecule has 0 aromatic carbocycles. The van der Waals surface area contributed by atoms with Crippen molar-refractivity contribution in [2.24, 2.45) is 5.73 Å². The average molecular weight is 158 g/mol. The van der Waals surface area contributed by atoms with Crippen LogP contribution < -0.4 is 5.73 Å². The summed E-state index contributed by atoms with van der Waals surface area (Å²) in [6, 6.07) is 0.331. The molecule has 0 aromatic heterocycles. The van der Waals surface area contributed by atoms with Crippen molar-refractivity contribution in [3.8, 4) is 0 Å². The van der Waals surface area contributed by atoms with Crippen molar-refractivity contribution in [1.29, 1.82) is 0 Å². The first-order valence-electron chi connectivity index (χ1n) is 4.34. The Hall–Kier alpha value is -0.120. The third-order valence-electron chi connectivity index (χ3n) is 2.00. The van der Waals surface area contributed by atoms with Crippen molar-refractivity contribution in [3.05, 3.63) is 0 Å². The normalized spacial score (nSPS) is 23.5. The Morgan fingerprint density at radius 2 is 2.09 bits per heavy atom. The lowest BCUT2D eigenvalue weighted by molar-refractivity contribution is 0.0368. The predicted octanol–water partition coefficient (Wildman–Crippen LogP) is 0.0559. The van der Waals surface area contributed by atoms with Gasteiger partial charge in [-0.25, -0.2) is 0 Å². The van der Waals surface area contributed by atoms with Crippen molar-refractivity contribution >= 4 is 0 Å². The van der Waals surface area contributed by atoms with Gasteiger partial charge in [-0.1, -0.05) is 0 Å². The van der Waals surface area contributed by atoms with Gasteiger partial charge in [0.25, 0.3) is 0 Å². The van der Waals surface area contributed by atoms with Gasteiger partial charge in [0.1, 0.15) is 0 Å². The molecule has 1 saturated heterocycles. The highest BCUT2D eigenvalue weighted by molar-refractivity contribution is 4.64. The van der Waals surface area contributed by atoms with Gasteiger partial charge in [-0.3, -0.25) is 4.90 Å². The van der Waals surface area contributed by atoms with E-state index in [0.29, 0.717) is 6.04 Å². The lowest BCUT2D eigenvalue weighted by Gasteiger charge is -2.26. The molecule has 1 aliphatic heterocycles. The van der Waals surface area contributed by atoms with Crippen LogP contribution in [0, 0.1) is 0 Å². The van der Waals surface area contributed by atoms with Crippen molar-refractivity contribution in [1.82, 2.24) is 4.90 Å². The molecular formula is C8H18N2O. The maximum absolute atomic E-state index is 5.65. The summed E-state index contributed by atoms with van der Waals surface area (Å²) >= 11 is 0. The Labute approximate surface area is 68.5 Å². The molecule has 0 bridgehead atoms. The summed E-state index contributed by atoms with van der Waals surface area (Å²) in [6.45, 7) is 7.11. The summed E-state index contributed by atoms with van der Waals surface area (Å²) < 4.78 is 5.23. The number of nitrogens with two attached hydrogens (primary N) is 1. The van der Waals surface area contributed by atoms with E-state index in [2.05, 4.69) is 11.8 Å². The van der Waals surface area contributed by atoms with E-state index in [1.807, 2.05) is 0 Å². The fraction of sp³-hybridized carbons (Fsp3) is 1.00. The van der Waals surface area contributed by atoms with E-state index >= 15 is 0 Å². The molecule has 3 heteroatoms. The van der Waals surface area contributed by atoms with E-state index < -0.39 is 0 Å². The minimum absolute atomic E-state index is 0.331. The summed E-state index contributed by atoms with van der Waals surface area (Å²) in [5.41, 5.74) is 5.65. The number of hydrogen-bond donors (Lipinski definition) is 1. The largest absolute Gasteiger partial charge is 0.379 e. The second-order valence-electron chi connectivity index (χ2n) is 3.22. The van der Waals surface area contributed by atoms with Gasteiger partial charge in [0.05, 0.1) is 13.2 Å². The van der Waals surface area contributed by atoms with E-state index in [4.69, 9.17) is 10.5 Å². The van der Waals surface area contributed by atoms with Gasteiger partial charge in [-0.15, -0.1) is 0 Å². The standard InChI is InChI=1S/C8H18N2O/c1-8(9)2-3-10-4-6-11-7-5-10/h8H,2-7,9H2,1H3/t8-/m1/s1. The molecule has 66 valence electrons. The Morgan fingerprint density at radius 1 is 1.45 bits per heavy atom. The van der Waals surface area contributed by atoms with Gasteiger partial charge < -0.3 is 10.5 Å². The van der Waals surface area contributed by atoms with Crippen LogP contribution in [0.5, 0.6) is 0 Å². The van der Waals surface area contributed by atoms with Crippen LogP contribution in [0.1, 0.15) is 13.3 Å². The van der Waals surface area contributed by atoms with E-state index in [-0.39, 0.29) is 0 Å². The SMILES string of the molecule is C[C@@H](N)CCN1CCOCC1. The quantitative estimate of drug-likeness (QED) is 0.631. The molecule has 0 amide bonds. The van der Waals surface area contributed by atoms with Gasteiger partial charge >= 0.3 is 0 Å². The summed E-state index contributed by atoms with van der Waals surface area (Å²) in [6.07, 6.45) is 1.10. The van der Waals surface area contributed by atoms with Gasteiger partial charge in [0.15, 0.2) is 0 Å². The molecular weight excluding hydrogens is 140 g/mol. The Bertz CT molecular complexity index is 100. The number of nitrogens with zero attached hydrogens (tertiary/aromatic N) is 1. The summed E-state index contributed by atoms with van der Waals surface area (Å²) in [5.74, 6) is 0. The highest BCUT2D eigenvalue weighted by Gasteiger charge is 2.09. The van der Waals surface area contributed by atoms with Crippen LogP contribution in [0.15, 0.2) is 0 Å². The van der Waals surface area contributed by atoms with Crippen LogP contribution in [0.25, 0.3) is 0 Å². The first kappa shape index (κ1) is 8.97. The van der Waals surface area contributed by atoms with E-state index in [1.54, 1.807) is 0 Å². The van der Waals surface area contributed by atoms with E-state index in [1.165, 1.54) is 0 Å². The molecule has 0 radical (unpaired) electrons. The van der Waals surface area contributed by atoms with Gasteiger partial charge in [0.2, 0.25) is 0 Å². The van der Waals surface area contributed by atoms with Crippen LogP contribution in [-0.4, -0.2) is 43.8 Å². The smallest absolute Gasteiger partial charge is 0.0594 e. The molecule has 0 spiro atoms. The van der Waals surface area contributed by atoms with Crippen LogP contribution in [0.2, 0.25) is 0 Å². The third-order valence-corrected chi connectivity index (χ3v) is 2.00. The molecule has 1 rings (SSSR count). The maximum Gasteiger partial charge on any atom is 0.0594 e. The Balaban J connectivity index is 2.05. The van der Waals surface area contributed by atoms with Crippen molar-refractivity contribution < 1.29 is 4.74 Å². The van der Waals surface area contributed by atoms with Crippen LogP contribution in [-0.2, 0) is 4.74 Å². The van der Waals surface area contributed by atoms with Crippen molar-refractivity contribution in [3.63, 3.8) is 0 Å². The zero-order valence-corrected chi connectivity index (χ0v) is 7.25. The molecule has 11 heavy (non-hydrogen) atoms. The molecule has 0 saturated carbocycles. The molecule has 2 N–H and O–H groups in total. The minimum atomic E-state index is 0.331. The number of rotatable bonds is 3. The predicted molar refractivity (Wildman–Crippen MR) is 45.5 cm³/mol. The number of morpholine rings is 1. The van der Waals surface area contributed by atoms with Crippen LogP contribution >= 0.6 is 0 Å². The van der Waals surface area contributed by atoms with Crippen LogP contribution in [0.3, 0.4) is 0 Å². The number of ether oxygens (including phenoxy) is 1. The van der Waals surface area contributed by atoms with Gasteiger partial charge in [-0.05, 0) is 19.9 Å². The highest BCUT2D eigenvalue weighted by Crippen LogP contribution is 1.98. The minimum Gasteiger partial charge on any atom is -0.379 e. The monoisotopic (exact) mass is 158 g/mol. The lowest BCUT2D eigenvalue weighted by Crippen LogP contribution is -2.38. The molecule has 0 aliphatic carbocycles. The fourth-order valence-electron chi connectivity index (χ4n) is 1.21. The van der Waals surface area contributed by atoms with E-state index in [9.17, 15) is 0 Å². The second kappa shape index (κ2) is 4.70. The molecule has 1 aliphatic rings. The fourth-order valence-corrected chi connectivity index (χ4v) is 1.21. The highest BCUT2D eigenvalue weighted by atomic mass is 16.5. The first-order chi connectivity index (χ1) is 5.29. The molecule has 1 fully saturated rings. The molecule has 1 atom stereocenters. The second-order valence-corrected chi connectivity index (χ2v) is 3.22. The molecule has 1 heterocycles. The number of hydrogen-bond acceptors (Lipinski definition) is 3. The van der Waals surface area contributed by atoms with E-state index in [0.717, 1.165) is 39.3 Å². The van der Waals surface area contributed by atoms with Crippen LogP contribution in [0.4, 0.5) is 0 Å².